The summed E-state index contributed by atoms with van der Waals surface area (Å²) in [4.78, 5) is 4.17. The molecule has 1 N–H and O–H groups in total. The SMILES string of the molecule is CCNC(Cc1cncc(Br)c1)c1ccc(F)cc1. The van der Waals surface area contributed by atoms with Gasteiger partial charge in [-0.15, -0.1) is 0 Å². The van der Waals surface area contributed by atoms with Gasteiger partial charge in [0.25, 0.3) is 0 Å². The highest BCUT2D eigenvalue weighted by Gasteiger charge is 2.11. The molecule has 0 bridgehead atoms. The Morgan fingerprint density at radius 1 is 1.26 bits per heavy atom. The molecule has 0 aliphatic heterocycles. The van der Waals surface area contributed by atoms with E-state index >= 15 is 0 Å². The van der Waals surface area contributed by atoms with Crippen LogP contribution in [-0.4, -0.2) is 11.5 Å². The number of nitrogens with one attached hydrogen (secondary N) is 1. The summed E-state index contributed by atoms with van der Waals surface area (Å²) in [7, 11) is 0. The topological polar surface area (TPSA) is 24.9 Å². The van der Waals surface area contributed by atoms with Gasteiger partial charge in [0.05, 0.1) is 0 Å². The highest BCUT2D eigenvalue weighted by Crippen LogP contribution is 2.20. The second-order valence-electron chi connectivity index (χ2n) is 4.38. The van der Waals surface area contributed by atoms with E-state index in [1.807, 2.05) is 18.3 Å². The molecule has 1 heterocycles. The first-order chi connectivity index (χ1) is 9.19. The lowest BCUT2D eigenvalue weighted by Crippen LogP contribution is -2.23. The standard InChI is InChI=1S/C15H16BrFN2/c1-2-19-15(12-3-5-14(17)6-4-12)8-11-7-13(16)10-18-9-11/h3-7,9-10,15,19H,2,8H2,1H3. The van der Waals surface area contributed by atoms with Crippen LogP contribution in [0.2, 0.25) is 0 Å². The maximum atomic E-state index is 13.0. The molecular formula is C15H16BrFN2. The Hall–Kier alpha value is -1.26. The molecule has 1 atom stereocenters. The largest absolute Gasteiger partial charge is 0.310 e. The molecule has 0 fully saturated rings. The molecule has 2 rings (SSSR count). The molecule has 1 aromatic heterocycles. The van der Waals surface area contributed by atoms with E-state index in [-0.39, 0.29) is 11.9 Å². The molecule has 1 unspecified atom stereocenters. The second-order valence-corrected chi connectivity index (χ2v) is 5.29. The van der Waals surface area contributed by atoms with Crippen molar-refractivity contribution >= 4 is 15.9 Å². The minimum atomic E-state index is -0.205. The van der Waals surface area contributed by atoms with E-state index in [1.165, 1.54) is 12.1 Å². The fourth-order valence-electron chi connectivity index (χ4n) is 2.05. The summed E-state index contributed by atoms with van der Waals surface area (Å²) >= 11 is 3.42. The first-order valence-corrected chi connectivity index (χ1v) is 7.06. The maximum Gasteiger partial charge on any atom is 0.123 e. The second kappa shape index (κ2) is 6.78. The van der Waals surface area contributed by atoms with Crippen molar-refractivity contribution < 1.29 is 4.39 Å². The number of rotatable bonds is 5. The Morgan fingerprint density at radius 2 is 2.00 bits per heavy atom. The van der Waals surface area contributed by atoms with Crippen LogP contribution in [0.25, 0.3) is 0 Å². The lowest BCUT2D eigenvalue weighted by Gasteiger charge is -2.18. The van der Waals surface area contributed by atoms with Gasteiger partial charge in [-0.05, 0) is 58.2 Å². The smallest absolute Gasteiger partial charge is 0.123 e. The highest BCUT2D eigenvalue weighted by atomic mass is 79.9. The average Bonchev–Trinajstić information content (AvgIpc) is 2.39. The lowest BCUT2D eigenvalue weighted by atomic mass is 10.00. The van der Waals surface area contributed by atoms with E-state index in [9.17, 15) is 4.39 Å². The molecule has 2 aromatic rings. The van der Waals surface area contributed by atoms with Crippen molar-refractivity contribution in [2.24, 2.45) is 0 Å². The van der Waals surface area contributed by atoms with Crippen LogP contribution in [0.1, 0.15) is 24.1 Å². The monoisotopic (exact) mass is 322 g/mol. The van der Waals surface area contributed by atoms with E-state index in [0.717, 1.165) is 28.6 Å². The van der Waals surface area contributed by atoms with Gasteiger partial charge >= 0.3 is 0 Å². The van der Waals surface area contributed by atoms with E-state index in [2.05, 4.69) is 39.2 Å². The van der Waals surface area contributed by atoms with Gasteiger partial charge in [-0.25, -0.2) is 4.39 Å². The number of aromatic nitrogens is 1. The zero-order chi connectivity index (χ0) is 13.7. The van der Waals surface area contributed by atoms with Crippen LogP contribution in [0.3, 0.4) is 0 Å². The van der Waals surface area contributed by atoms with Gasteiger partial charge in [0, 0.05) is 22.9 Å². The highest BCUT2D eigenvalue weighted by molar-refractivity contribution is 9.10. The zero-order valence-corrected chi connectivity index (χ0v) is 12.3. The zero-order valence-electron chi connectivity index (χ0n) is 10.7. The van der Waals surface area contributed by atoms with Crippen LogP contribution in [0.5, 0.6) is 0 Å². The quantitative estimate of drug-likeness (QED) is 0.903. The molecule has 2 nitrogen and oxygen atoms in total. The summed E-state index contributed by atoms with van der Waals surface area (Å²) in [5, 5.41) is 3.42. The molecule has 19 heavy (non-hydrogen) atoms. The van der Waals surface area contributed by atoms with Crippen molar-refractivity contribution in [3.8, 4) is 0 Å². The maximum absolute atomic E-state index is 13.0. The van der Waals surface area contributed by atoms with E-state index in [1.54, 1.807) is 6.20 Å². The minimum Gasteiger partial charge on any atom is -0.310 e. The molecule has 4 heteroatoms. The average molecular weight is 323 g/mol. The lowest BCUT2D eigenvalue weighted by molar-refractivity contribution is 0.546. The molecule has 100 valence electrons. The van der Waals surface area contributed by atoms with Gasteiger partial charge in [-0.1, -0.05) is 19.1 Å². The molecule has 0 aliphatic rings. The number of benzene rings is 1. The Morgan fingerprint density at radius 3 is 2.63 bits per heavy atom. The molecule has 0 saturated heterocycles. The third-order valence-electron chi connectivity index (χ3n) is 2.92. The summed E-state index contributed by atoms with van der Waals surface area (Å²) in [5.41, 5.74) is 2.23. The van der Waals surface area contributed by atoms with E-state index < -0.39 is 0 Å². The van der Waals surface area contributed by atoms with Gasteiger partial charge in [-0.3, -0.25) is 4.98 Å². The van der Waals surface area contributed by atoms with Crippen LogP contribution in [0, 0.1) is 5.82 Å². The number of hydrogen-bond donors (Lipinski definition) is 1. The summed E-state index contributed by atoms with van der Waals surface area (Å²) in [6.45, 7) is 2.93. The third-order valence-corrected chi connectivity index (χ3v) is 3.36. The number of likely N-dealkylation sites (N-methyl/N-ethyl adjacent to an activating group) is 1. The predicted octanol–water partition coefficient (Wildman–Crippen LogP) is 3.88. The van der Waals surface area contributed by atoms with Crippen molar-refractivity contribution in [3.63, 3.8) is 0 Å². The van der Waals surface area contributed by atoms with Gasteiger partial charge in [0.15, 0.2) is 0 Å². The fourth-order valence-corrected chi connectivity index (χ4v) is 2.46. The Balaban J connectivity index is 2.18. The van der Waals surface area contributed by atoms with Gasteiger partial charge in [0.1, 0.15) is 5.82 Å². The van der Waals surface area contributed by atoms with Crippen molar-refractivity contribution in [1.82, 2.24) is 10.3 Å². The Labute approximate surface area is 121 Å². The summed E-state index contributed by atoms with van der Waals surface area (Å²) in [6, 6.07) is 8.88. The van der Waals surface area contributed by atoms with Gasteiger partial charge in [0.2, 0.25) is 0 Å². The first-order valence-electron chi connectivity index (χ1n) is 6.27. The van der Waals surface area contributed by atoms with Crippen molar-refractivity contribution in [2.45, 2.75) is 19.4 Å². The van der Waals surface area contributed by atoms with Gasteiger partial charge in [-0.2, -0.15) is 0 Å². The van der Waals surface area contributed by atoms with Crippen molar-refractivity contribution in [3.05, 3.63) is 64.1 Å². The van der Waals surface area contributed by atoms with E-state index in [0.29, 0.717) is 0 Å². The van der Waals surface area contributed by atoms with Gasteiger partial charge < -0.3 is 5.32 Å². The summed E-state index contributed by atoms with van der Waals surface area (Å²) < 4.78 is 14.0. The Bertz CT molecular complexity index is 528. The van der Waals surface area contributed by atoms with Crippen molar-refractivity contribution in [2.75, 3.05) is 6.54 Å². The van der Waals surface area contributed by atoms with Crippen LogP contribution in [0.15, 0.2) is 47.2 Å². The van der Waals surface area contributed by atoms with Crippen LogP contribution < -0.4 is 5.32 Å². The minimum absolute atomic E-state index is 0.168. The summed E-state index contributed by atoms with van der Waals surface area (Å²) in [5.74, 6) is -0.205. The molecule has 0 spiro atoms. The molecule has 0 saturated carbocycles. The summed E-state index contributed by atoms with van der Waals surface area (Å²) in [6.07, 6.45) is 4.45. The number of hydrogen-bond acceptors (Lipinski definition) is 2. The van der Waals surface area contributed by atoms with Crippen LogP contribution >= 0.6 is 15.9 Å². The first kappa shape index (κ1) is 14.2. The van der Waals surface area contributed by atoms with E-state index in [4.69, 9.17) is 0 Å². The normalized spacial score (nSPS) is 12.4. The molecule has 0 radical (unpaired) electrons. The number of pyridine rings is 1. The predicted molar refractivity (Wildman–Crippen MR) is 78.5 cm³/mol. The third kappa shape index (κ3) is 4.11. The molecule has 0 amide bonds. The van der Waals surface area contributed by atoms with Crippen LogP contribution in [-0.2, 0) is 6.42 Å². The number of halogens is 2. The Kier molecular flexibility index (Phi) is 5.05. The fraction of sp³-hybridized carbons (Fsp3) is 0.267. The molecule has 0 aliphatic carbocycles. The number of nitrogens with zero attached hydrogens (tertiary/aromatic N) is 1. The molecule has 1 aromatic carbocycles. The van der Waals surface area contributed by atoms with Crippen molar-refractivity contribution in [1.29, 1.82) is 0 Å². The van der Waals surface area contributed by atoms with Crippen LogP contribution in [0.4, 0.5) is 4.39 Å². The molecular weight excluding hydrogens is 307 g/mol.